The predicted octanol–water partition coefficient (Wildman–Crippen LogP) is 5.91. The quantitative estimate of drug-likeness (QED) is 0.512. The molecule has 3 aromatic rings. The van der Waals surface area contributed by atoms with Crippen LogP contribution in [0.25, 0.3) is 0 Å². The second-order valence-corrected chi connectivity index (χ2v) is 10.6. The standard InChI is InChI=1S/C28H28N2O3S/c1-16-11-18(3)26(19(4)12-16)29-25-15-24(22-9-7-8-10-23(22)27(25)31)30-34(32,33)28-20(5)13-17(2)14-21(28)6/h7-15,29H,1-6H3. The van der Waals surface area contributed by atoms with Crippen LogP contribution in [0.4, 0.5) is 5.69 Å². The molecule has 0 amide bonds. The molecule has 0 saturated heterocycles. The van der Waals surface area contributed by atoms with E-state index in [4.69, 9.17) is 0 Å². The Morgan fingerprint density at radius 3 is 1.79 bits per heavy atom. The van der Waals surface area contributed by atoms with Gasteiger partial charge in [-0.3, -0.25) is 4.79 Å². The zero-order valence-corrected chi connectivity index (χ0v) is 21.1. The van der Waals surface area contributed by atoms with Gasteiger partial charge in [0.25, 0.3) is 10.0 Å². The SMILES string of the molecule is Cc1cc(C)c(NC2=CC(=NS(=O)(=O)c3c(C)cc(C)cc3C)c3ccccc3C2=O)c(C)c1. The van der Waals surface area contributed by atoms with Crippen LogP contribution in [-0.4, -0.2) is 19.9 Å². The van der Waals surface area contributed by atoms with Gasteiger partial charge in [-0.05, 0) is 69.9 Å². The largest absolute Gasteiger partial charge is 0.352 e. The van der Waals surface area contributed by atoms with Crippen molar-refractivity contribution in [3.8, 4) is 0 Å². The first-order chi connectivity index (χ1) is 16.0. The number of ketones is 1. The maximum absolute atomic E-state index is 13.4. The van der Waals surface area contributed by atoms with Crippen LogP contribution in [0.15, 0.2) is 69.6 Å². The number of hydrogen-bond acceptors (Lipinski definition) is 4. The number of anilines is 1. The molecule has 0 fully saturated rings. The predicted molar refractivity (Wildman–Crippen MR) is 138 cm³/mol. The Bertz CT molecular complexity index is 1470. The summed E-state index contributed by atoms with van der Waals surface area (Å²) >= 11 is 0. The molecule has 0 radical (unpaired) electrons. The lowest BCUT2D eigenvalue weighted by atomic mass is 9.92. The number of carbonyl (C=O) groups excluding carboxylic acids is 1. The lowest BCUT2D eigenvalue weighted by molar-refractivity contribution is 0.103. The Labute approximate surface area is 201 Å². The first-order valence-electron chi connectivity index (χ1n) is 11.1. The fraction of sp³-hybridized carbons (Fsp3) is 0.214. The van der Waals surface area contributed by atoms with Crippen LogP contribution in [-0.2, 0) is 10.0 Å². The monoisotopic (exact) mass is 472 g/mol. The maximum atomic E-state index is 13.4. The number of aryl methyl sites for hydroxylation is 6. The Balaban J connectivity index is 1.88. The molecule has 0 unspecified atom stereocenters. The van der Waals surface area contributed by atoms with E-state index < -0.39 is 10.0 Å². The normalized spacial score (nSPS) is 14.7. The summed E-state index contributed by atoms with van der Waals surface area (Å²) < 4.78 is 31.1. The van der Waals surface area contributed by atoms with Crippen LogP contribution >= 0.6 is 0 Å². The summed E-state index contributed by atoms with van der Waals surface area (Å²) in [5, 5.41) is 3.26. The van der Waals surface area contributed by atoms with Crippen molar-refractivity contribution in [3.63, 3.8) is 0 Å². The van der Waals surface area contributed by atoms with Gasteiger partial charge in [-0.2, -0.15) is 12.8 Å². The van der Waals surface area contributed by atoms with E-state index in [1.54, 1.807) is 44.2 Å². The van der Waals surface area contributed by atoms with Gasteiger partial charge in [0.2, 0.25) is 5.78 Å². The third kappa shape index (κ3) is 4.33. The lowest BCUT2D eigenvalue weighted by Gasteiger charge is -2.21. The van der Waals surface area contributed by atoms with Gasteiger partial charge in [-0.1, -0.05) is 59.7 Å². The molecule has 4 rings (SSSR count). The fourth-order valence-electron chi connectivity index (χ4n) is 4.76. The molecule has 3 aromatic carbocycles. The summed E-state index contributed by atoms with van der Waals surface area (Å²) in [4.78, 5) is 13.5. The molecule has 0 heterocycles. The maximum Gasteiger partial charge on any atom is 0.283 e. The van der Waals surface area contributed by atoms with Crippen molar-refractivity contribution < 1.29 is 13.2 Å². The van der Waals surface area contributed by atoms with Crippen molar-refractivity contribution in [2.45, 2.75) is 46.4 Å². The number of benzene rings is 3. The highest BCUT2D eigenvalue weighted by atomic mass is 32.2. The smallest absolute Gasteiger partial charge is 0.283 e. The van der Waals surface area contributed by atoms with Crippen LogP contribution in [0.3, 0.4) is 0 Å². The third-order valence-electron chi connectivity index (χ3n) is 5.99. The molecule has 5 nitrogen and oxygen atoms in total. The summed E-state index contributed by atoms with van der Waals surface area (Å²) in [6.07, 6.45) is 1.54. The summed E-state index contributed by atoms with van der Waals surface area (Å²) in [5.41, 5.74) is 7.70. The molecular weight excluding hydrogens is 444 g/mol. The molecule has 1 aliphatic rings. The van der Waals surface area contributed by atoms with Gasteiger partial charge in [0.1, 0.15) is 0 Å². The molecule has 0 atom stereocenters. The molecule has 1 N–H and O–H groups in total. The van der Waals surface area contributed by atoms with Crippen molar-refractivity contribution in [2.75, 3.05) is 5.32 Å². The van der Waals surface area contributed by atoms with Crippen LogP contribution in [0, 0.1) is 41.5 Å². The van der Waals surface area contributed by atoms with E-state index in [1.807, 2.05) is 52.0 Å². The first-order valence-corrected chi connectivity index (χ1v) is 12.6. The van der Waals surface area contributed by atoms with Crippen LogP contribution in [0.1, 0.15) is 49.3 Å². The molecule has 0 saturated carbocycles. The second kappa shape index (κ2) is 8.69. The van der Waals surface area contributed by atoms with Gasteiger partial charge >= 0.3 is 0 Å². The van der Waals surface area contributed by atoms with Gasteiger partial charge in [-0.25, -0.2) is 0 Å². The van der Waals surface area contributed by atoms with E-state index in [9.17, 15) is 13.2 Å². The molecule has 174 valence electrons. The minimum absolute atomic E-state index is 0.200. The third-order valence-corrected chi connectivity index (χ3v) is 7.59. The molecule has 0 aliphatic heterocycles. The van der Waals surface area contributed by atoms with Crippen LogP contribution in [0.5, 0.6) is 0 Å². The number of rotatable bonds is 4. The Morgan fingerprint density at radius 1 is 0.735 bits per heavy atom. The van der Waals surface area contributed by atoms with Crippen molar-refractivity contribution in [1.82, 2.24) is 0 Å². The summed E-state index contributed by atoms with van der Waals surface area (Å²) in [6.45, 7) is 11.5. The Hall–Kier alpha value is -3.51. The number of allylic oxidation sites excluding steroid dienone is 2. The molecular formula is C28H28N2O3S. The average Bonchev–Trinajstić information content (AvgIpc) is 2.72. The zero-order chi connectivity index (χ0) is 24.8. The highest BCUT2D eigenvalue weighted by Gasteiger charge is 2.28. The molecule has 34 heavy (non-hydrogen) atoms. The van der Waals surface area contributed by atoms with Crippen molar-refractivity contribution >= 4 is 27.2 Å². The van der Waals surface area contributed by atoms with Gasteiger partial charge in [0, 0.05) is 16.8 Å². The van der Waals surface area contributed by atoms with E-state index in [0.29, 0.717) is 28.0 Å². The molecule has 1 aliphatic carbocycles. The van der Waals surface area contributed by atoms with Gasteiger partial charge < -0.3 is 5.32 Å². The zero-order valence-electron chi connectivity index (χ0n) is 20.3. The van der Waals surface area contributed by atoms with E-state index in [2.05, 4.69) is 9.71 Å². The minimum Gasteiger partial charge on any atom is -0.352 e. The Kier molecular flexibility index (Phi) is 6.04. The summed E-state index contributed by atoms with van der Waals surface area (Å²) in [5.74, 6) is -0.200. The number of hydrogen-bond donors (Lipinski definition) is 1. The highest BCUT2D eigenvalue weighted by Crippen LogP contribution is 2.30. The average molecular weight is 473 g/mol. The van der Waals surface area contributed by atoms with Gasteiger partial charge in [-0.15, -0.1) is 0 Å². The number of nitrogens with one attached hydrogen (secondary N) is 1. The molecule has 0 aromatic heterocycles. The van der Waals surface area contributed by atoms with Crippen LogP contribution < -0.4 is 5.32 Å². The minimum atomic E-state index is -4.01. The lowest BCUT2D eigenvalue weighted by Crippen LogP contribution is -2.23. The molecule has 0 bridgehead atoms. The Morgan fingerprint density at radius 2 is 1.24 bits per heavy atom. The number of Topliss-reactive ketones (excluding diaryl/α,β-unsaturated/α-hetero) is 1. The number of carbonyl (C=O) groups is 1. The van der Waals surface area contributed by atoms with E-state index >= 15 is 0 Å². The fourth-order valence-corrected chi connectivity index (χ4v) is 6.19. The van der Waals surface area contributed by atoms with Crippen LogP contribution in [0.2, 0.25) is 0 Å². The summed E-state index contributed by atoms with van der Waals surface area (Å²) in [6, 6.07) is 14.7. The topological polar surface area (TPSA) is 75.6 Å². The van der Waals surface area contributed by atoms with Gasteiger partial charge in [0.05, 0.1) is 16.3 Å². The van der Waals surface area contributed by atoms with E-state index in [-0.39, 0.29) is 16.4 Å². The summed E-state index contributed by atoms with van der Waals surface area (Å²) in [7, 11) is -4.01. The number of sulfonamides is 1. The molecule has 0 spiro atoms. The highest BCUT2D eigenvalue weighted by molar-refractivity contribution is 7.90. The second-order valence-electron chi connectivity index (χ2n) is 9.01. The first kappa shape index (κ1) is 23.6. The van der Waals surface area contributed by atoms with E-state index in [1.165, 1.54) is 0 Å². The van der Waals surface area contributed by atoms with Crippen molar-refractivity contribution in [1.29, 1.82) is 0 Å². The number of nitrogens with zero attached hydrogens (tertiary/aromatic N) is 1. The number of fused-ring (bicyclic) bond motifs is 1. The van der Waals surface area contributed by atoms with Crippen molar-refractivity contribution in [3.05, 3.63) is 105 Å². The molecule has 6 heteroatoms. The van der Waals surface area contributed by atoms with E-state index in [0.717, 1.165) is 27.9 Å². The van der Waals surface area contributed by atoms with Crippen molar-refractivity contribution in [2.24, 2.45) is 4.40 Å². The van der Waals surface area contributed by atoms with Gasteiger partial charge in [0.15, 0.2) is 0 Å².